The molecular formula is C20H24N2O3. The van der Waals surface area contributed by atoms with Crippen molar-refractivity contribution in [2.45, 2.75) is 32.7 Å². The third-order valence-corrected chi connectivity index (χ3v) is 3.43. The summed E-state index contributed by atoms with van der Waals surface area (Å²) in [5.41, 5.74) is 0.986. The first kappa shape index (κ1) is 18.5. The minimum absolute atomic E-state index is 0.0337. The standard InChI is InChI=1S/C20H24N2O3/c1-15(2)21-20(24)17-11-6-7-12-18(17)22-19(23)13-8-14-25-16-9-4-3-5-10-16/h3-7,9-12,15H,8,13-14H2,1-2H3,(H,21,24)(H,22,23). The molecule has 0 bridgehead atoms. The van der Waals surface area contributed by atoms with Crippen LogP contribution in [0.1, 0.15) is 37.0 Å². The van der Waals surface area contributed by atoms with Crippen LogP contribution in [0.25, 0.3) is 0 Å². The minimum atomic E-state index is -0.196. The first-order chi connectivity index (χ1) is 12.1. The molecule has 0 fully saturated rings. The lowest BCUT2D eigenvalue weighted by Gasteiger charge is -2.13. The maximum absolute atomic E-state index is 12.2. The van der Waals surface area contributed by atoms with E-state index in [-0.39, 0.29) is 17.9 Å². The van der Waals surface area contributed by atoms with Crippen molar-refractivity contribution in [3.8, 4) is 5.75 Å². The highest BCUT2D eigenvalue weighted by atomic mass is 16.5. The molecule has 2 N–H and O–H groups in total. The topological polar surface area (TPSA) is 67.4 Å². The zero-order valence-electron chi connectivity index (χ0n) is 14.6. The van der Waals surface area contributed by atoms with Gasteiger partial charge in [-0.1, -0.05) is 30.3 Å². The van der Waals surface area contributed by atoms with Crippen LogP contribution in [0.15, 0.2) is 54.6 Å². The Morgan fingerprint density at radius 1 is 1.00 bits per heavy atom. The summed E-state index contributed by atoms with van der Waals surface area (Å²) in [6, 6.07) is 16.5. The van der Waals surface area contributed by atoms with Gasteiger partial charge in [-0.15, -0.1) is 0 Å². The van der Waals surface area contributed by atoms with E-state index in [9.17, 15) is 9.59 Å². The second-order valence-corrected chi connectivity index (χ2v) is 5.99. The fraction of sp³-hybridized carbons (Fsp3) is 0.300. The third kappa shape index (κ3) is 6.30. The molecule has 0 aromatic heterocycles. The maximum atomic E-state index is 12.2. The fourth-order valence-corrected chi connectivity index (χ4v) is 2.28. The van der Waals surface area contributed by atoms with Gasteiger partial charge in [-0.05, 0) is 44.5 Å². The summed E-state index contributed by atoms with van der Waals surface area (Å²) in [5.74, 6) is 0.457. The van der Waals surface area contributed by atoms with E-state index in [1.54, 1.807) is 24.3 Å². The Hall–Kier alpha value is -2.82. The Morgan fingerprint density at radius 3 is 2.40 bits per heavy atom. The van der Waals surface area contributed by atoms with Crippen LogP contribution in [-0.2, 0) is 4.79 Å². The molecule has 25 heavy (non-hydrogen) atoms. The number of para-hydroxylation sites is 2. The molecule has 0 saturated carbocycles. The number of benzene rings is 2. The highest BCUT2D eigenvalue weighted by Crippen LogP contribution is 2.16. The molecule has 0 unspecified atom stereocenters. The number of carbonyl (C=O) groups excluding carboxylic acids is 2. The highest BCUT2D eigenvalue weighted by molar-refractivity contribution is 6.03. The predicted molar refractivity (Wildman–Crippen MR) is 98.8 cm³/mol. The van der Waals surface area contributed by atoms with E-state index in [1.165, 1.54) is 0 Å². The molecule has 0 radical (unpaired) electrons. The van der Waals surface area contributed by atoms with Crippen molar-refractivity contribution in [3.05, 3.63) is 60.2 Å². The Balaban J connectivity index is 1.83. The predicted octanol–water partition coefficient (Wildman–Crippen LogP) is 3.62. The van der Waals surface area contributed by atoms with Crippen LogP contribution in [0.3, 0.4) is 0 Å². The molecule has 5 nitrogen and oxygen atoms in total. The molecule has 0 atom stereocenters. The lowest BCUT2D eigenvalue weighted by molar-refractivity contribution is -0.116. The number of anilines is 1. The smallest absolute Gasteiger partial charge is 0.253 e. The van der Waals surface area contributed by atoms with Gasteiger partial charge in [0.15, 0.2) is 0 Å². The van der Waals surface area contributed by atoms with Crippen LogP contribution < -0.4 is 15.4 Å². The van der Waals surface area contributed by atoms with Gasteiger partial charge < -0.3 is 15.4 Å². The lowest BCUT2D eigenvalue weighted by Crippen LogP contribution is -2.31. The zero-order valence-corrected chi connectivity index (χ0v) is 14.6. The quantitative estimate of drug-likeness (QED) is 0.721. The fourth-order valence-electron chi connectivity index (χ4n) is 2.28. The average molecular weight is 340 g/mol. The first-order valence-corrected chi connectivity index (χ1v) is 8.44. The second-order valence-electron chi connectivity index (χ2n) is 5.99. The molecule has 2 rings (SSSR count). The van der Waals surface area contributed by atoms with E-state index in [4.69, 9.17) is 4.74 Å². The van der Waals surface area contributed by atoms with Gasteiger partial charge in [0.2, 0.25) is 5.91 Å². The molecule has 2 aromatic rings. The monoisotopic (exact) mass is 340 g/mol. The second kappa shape index (κ2) is 9.47. The molecule has 0 spiro atoms. The molecule has 0 aliphatic carbocycles. The van der Waals surface area contributed by atoms with E-state index in [0.29, 0.717) is 30.7 Å². The molecule has 0 aliphatic heterocycles. The van der Waals surface area contributed by atoms with E-state index in [1.807, 2.05) is 44.2 Å². The van der Waals surface area contributed by atoms with Gasteiger partial charge in [0.05, 0.1) is 17.9 Å². The Kier molecular flexibility index (Phi) is 7.01. The molecule has 0 heterocycles. The molecule has 2 amide bonds. The van der Waals surface area contributed by atoms with Crippen LogP contribution in [0, 0.1) is 0 Å². The van der Waals surface area contributed by atoms with Crippen molar-refractivity contribution in [3.63, 3.8) is 0 Å². The van der Waals surface area contributed by atoms with Crippen LogP contribution in [-0.4, -0.2) is 24.5 Å². The van der Waals surface area contributed by atoms with Gasteiger partial charge in [-0.2, -0.15) is 0 Å². The van der Waals surface area contributed by atoms with Gasteiger partial charge >= 0.3 is 0 Å². The number of nitrogens with one attached hydrogen (secondary N) is 2. The van der Waals surface area contributed by atoms with E-state index < -0.39 is 0 Å². The van der Waals surface area contributed by atoms with Crippen LogP contribution in [0.5, 0.6) is 5.75 Å². The number of ether oxygens (including phenoxy) is 1. The summed E-state index contributed by atoms with van der Waals surface area (Å²) < 4.78 is 5.57. The highest BCUT2D eigenvalue weighted by Gasteiger charge is 2.13. The SMILES string of the molecule is CC(C)NC(=O)c1ccccc1NC(=O)CCCOc1ccccc1. The Morgan fingerprint density at radius 2 is 1.68 bits per heavy atom. The summed E-state index contributed by atoms with van der Waals surface area (Å²) in [7, 11) is 0. The van der Waals surface area contributed by atoms with Gasteiger partial charge in [0.25, 0.3) is 5.91 Å². The van der Waals surface area contributed by atoms with E-state index in [0.717, 1.165) is 5.75 Å². The van der Waals surface area contributed by atoms with Crippen LogP contribution in [0.2, 0.25) is 0 Å². The maximum Gasteiger partial charge on any atom is 0.253 e. The number of rotatable bonds is 8. The summed E-state index contributed by atoms with van der Waals surface area (Å²) in [6.45, 7) is 4.25. The van der Waals surface area contributed by atoms with Gasteiger partial charge in [0, 0.05) is 12.5 Å². The summed E-state index contributed by atoms with van der Waals surface area (Å²) in [4.78, 5) is 24.3. The van der Waals surface area contributed by atoms with Crippen molar-refractivity contribution in [1.82, 2.24) is 5.32 Å². The number of amides is 2. The molecule has 0 aliphatic rings. The van der Waals surface area contributed by atoms with Crippen molar-refractivity contribution in [2.24, 2.45) is 0 Å². The summed E-state index contributed by atoms with van der Waals surface area (Å²) >= 11 is 0. The first-order valence-electron chi connectivity index (χ1n) is 8.44. The molecule has 2 aromatic carbocycles. The summed E-state index contributed by atoms with van der Waals surface area (Å²) in [6.07, 6.45) is 0.925. The van der Waals surface area contributed by atoms with E-state index >= 15 is 0 Å². The molecule has 132 valence electrons. The third-order valence-electron chi connectivity index (χ3n) is 3.43. The normalized spacial score (nSPS) is 10.4. The van der Waals surface area contributed by atoms with Crippen LogP contribution in [0.4, 0.5) is 5.69 Å². The zero-order chi connectivity index (χ0) is 18.1. The number of hydrogen-bond donors (Lipinski definition) is 2. The van der Waals surface area contributed by atoms with Crippen LogP contribution >= 0.6 is 0 Å². The lowest BCUT2D eigenvalue weighted by atomic mass is 10.1. The van der Waals surface area contributed by atoms with Crippen molar-refractivity contribution in [1.29, 1.82) is 0 Å². The molecule has 0 saturated heterocycles. The Labute approximate surface area is 148 Å². The Bertz CT molecular complexity index is 699. The van der Waals surface area contributed by atoms with Crippen molar-refractivity contribution >= 4 is 17.5 Å². The van der Waals surface area contributed by atoms with E-state index in [2.05, 4.69) is 10.6 Å². The van der Waals surface area contributed by atoms with Crippen molar-refractivity contribution < 1.29 is 14.3 Å². The molecular weight excluding hydrogens is 316 g/mol. The van der Waals surface area contributed by atoms with Gasteiger partial charge in [0.1, 0.15) is 5.75 Å². The minimum Gasteiger partial charge on any atom is -0.494 e. The van der Waals surface area contributed by atoms with Crippen molar-refractivity contribution in [2.75, 3.05) is 11.9 Å². The van der Waals surface area contributed by atoms with Gasteiger partial charge in [-0.3, -0.25) is 9.59 Å². The van der Waals surface area contributed by atoms with Gasteiger partial charge in [-0.25, -0.2) is 0 Å². The molecule has 5 heteroatoms. The average Bonchev–Trinajstić information content (AvgIpc) is 2.59. The number of hydrogen-bond acceptors (Lipinski definition) is 3. The summed E-state index contributed by atoms with van der Waals surface area (Å²) in [5, 5.41) is 5.64. The number of carbonyl (C=O) groups is 2. The largest absolute Gasteiger partial charge is 0.494 e.